The number of rotatable bonds is 8. The number of methoxy groups -OCH3 is 1. The first-order valence-electron chi connectivity index (χ1n) is 7.24. The lowest BCUT2D eigenvalue weighted by molar-refractivity contribution is -0.123. The number of carbonyl (C=O) groups excluding carboxylic acids is 1. The van der Waals surface area contributed by atoms with Crippen LogP contribution in [-0.4, -0.2) is 26.2 Å². The summed E-state index contributed by atoms with van der Waals surface area (Å²) in [6.45, 7) is -2.91. The summed E-state index contributed by atoms with van der Waals surface area (Å²) >= 11 is 5.76. The van der Waals surface area contributed by atoms with E-state index in [2.05, 4.69) is 10.1 Å². The summed E-state index contributed by atoms with van der Waals surface area (Å²) < 4.78 is 39.2. The van der Waals surface area contributed by atoms with Gasteiger partial charge in [0, 0.05) is 11.6 Å². The van der Waals surface area contributed by atoms with Gasteiger partial charge in [-0.3, -0.25) is 4.79 Å². The first-order chi connectivity index (χ1) is 12.0. The molecule has 0 aliphatic rings. The largest absolute Gasteiger partial charge is 0.493 e. The van der Waals surface area contributed by atoms with Crippen molar-refractivity contribution in [1.29, 1.82) is 0 Å². The summed E-state index contributed by atoms with van der Waals surface area (Å²) in [4.78, 5) is 11.8. The summed E-state index contributed by atoms with van der Waals surface area (Å²) in [5, 5.41) is 3.23. The van der Waals surface area contributed by atoms with Gasteiger partial charge in [-0.15, -0.1) is 0 Å². The minimum Gasteiger partial charge on any atom is -0.493 e. The fourth-order valence-corrected chi connectivity index (χ4v) is 2.07. The second-order valence-electron chi connectivity index (χ2n) is 4.88. The summed E-state index contributed by atoms with van der Waals surface area (Å²) in [5.74, 6) is 0.277. The Hall–Kier alpha value is -2.54. The van der Waals surface area contributed by atoms with Gasteiger partial charge in [-0.1, -0.05) is 17.7 Å². The molecule has 2 aromatic rings. The third kappa shape index (κ3) is 6.11. The third-order valence-electron chi connectivity index (χ3n) is 3.12. The summed E-state index contributed by atoms with van der Waals surface area (Å²) in [6.07, 6.45) is 0. The molecule has 1 N–H and O–H groups in total. The number of halogens is 3. The van der Waals surface area contributed by atoms with E-state index in [1.165, 1.54) is 19.2 Å². The highest BCUT2D eigenvalue weighted by molar-refractivity contribution is 6.30. The molecule has 1 amide bonds. The van der Waals surface area contributed by atoms with Crippen LogP contribution in [0.2, 0.25) is 5.02 Å². The maximum atomic E-state index is 12.3. The van der Waals surface area contributed by atoms with Crippen LogP contribution in [0.15, 0.2) is 42.5 Å². The van der Waals surface area contributed by atoms with Crippen LogP contribution in [0.1, 0.15) is 5.56 Å². The van der Waals surface area contributed by atoms with Gasteiger partial charge in [0.1, 0.15) is 5.75 Å². The van der Waals surface area contributed by atoms with Gasteiger partial charge >= 0.3 is 6.61 Å². The molecule has 0 bridgehead atoms. The van der Waals surface area contributed by atoms with Crippen molar-refractivity contribution >= 4 is 17.5 Å². The topological polar surface area (TPSA) is 56.8 Å². The monoisotopic (exact) mass is 371 g/mol. The van der Waals surface area contributed by atoms with Gasteiger partial charge in [0.2, 0.25) is 0 Å². The van der Waals surface area contributed by atoms with Crippen molar-refractivity contribution in [3.63, 3.8) is 0 Å². The molecule has 0 fully saturated rings. The Bertz CT molecular complexity index is 710. The minimum absolute atomic E-state index is 0.0707. The molecular formula is C17H16ClF2NO4. The van der Waals surface area contributed by atoms with Gasteiger partial charge in [0.25, 0.3) is 5.91 Å². The molecule has 0 aromatic heterocycles. The Morgan fingerprint density at radius 1 is 1.16 bits per heavy atom. The van der Waals surface area contributed by atoms with Crippen molar-refractivity contribution in [2.24, 2.45) is 0 Å². The van der Waals surface area contributed by atoms with E-state index < -0.39 is 6.61 Å². The van der Waals surface area contributed by atoms with Gasteiger partial charge in [-0.05, 0) is 42.0 Å². The van der Waals surface area contributed by atoms with Crippen LogP contribution in [0, 0.1) is 0 Å². The number of hydrogen-bond donors (Lipinski definition) is 1. The van der Waals surface area contributed by atoms with Gasteiger partial charge < -0.3 is 19.5 Å². The maximum absolute atomic E-state index is 12.3. The van der Waals surface area contributed by atoms with E-state index in [1.54, 1.807) is 30.3 Å². The number of carbonyl (C=O) groups is 1. The lowest BCUT2D eigenvalue weighted by Gasteiger charge is -2.12. The highest BCUT2D eigenvalue weighted by Gasteiger charge is 2.11. The third-order valence-corrected chi connectivity index (χ3v) is 3.37. The van der Waals surface area contributed by atoms with Crippen molar-refractivity contribution in [1.82, 2.24) is 5.32 Å². The second kappa shape index (κ2) is 9.08. The zero-order valence-electron chi connectivity index (χ0n) is 13.3. The molecule has 0 unspecified atom stereocenters. The van der Waals surface area contributed by atoms with Crippen LogP contribution in [-0.2, 0) is 11.3 Å². The molecule has 25 heavy (non-hydrogen) atoms. The minimum atomic E-state index is -2.94. The van der Waals surface area contributed by atoms with Crippen molar-refractivity contribution < 1.29 is 27.8 Å². The first-order valence-corrected chi connectivity index (χ1v) is 7.62. The highest BCUT2D eigenvalue weighted by Crippen LogP contribution is 2.29. The molecule has 0 aliphatic heterocycles. The zero-order valence-corrected chi connectivity index (χ0v) is 14.1. The van der Waals surface area contributed by atoms with Gasteiger partial charge in [0.15, 0.2) is 18.1 Å². The van der Waals surface area contributed by atoms with E-state index in [0.717, 1.165) is 0 Å². The van der Waals surface area contributed by atoms with Crippen LogP contribution < -0.4 is 19.5 Å². The molecule has 0 saturated carbocycles. The Kier molecular flexibility index (Phi) is 6.82. The number of amides is 1. The van der Waals surface area contributed by atoms with Crippen LogP contribution in [0.4, 0.5) is 8.78 Å². The molecular weight excluding hydrogens is 356 g/mol. The van der Waals surface area contributed by atoms with Crippen LogP contribution in [0.5, 0.6) is 17.2 Å². The number of alkyl halides is 2. The second-order valence-corrected chi connectivity index (χ2v) is 5.32. The molecule has 134 valence electrons. The standard InChI is InChI=1S/C17H16ClF2NO4/c1-23-15-8-11(2-7-14(15)25-17(19)20)9-21-16(22)10-24-13-5-3-12(18)4-6-13/h2-8,17H,9-10H2,1H3,(H,21,22). The zero-order chi connectivity index (χ0) is 18.2. The highest BCUT2D eigenvalue weighted by atomic mass is 35.5. The molecule has 0 saturated heterocycles. The smallest absolute Gasteiger partial charge is 0.387 e. The van der Waals surface area contributed by atoms with E-state index in [9.17, 15) is 13.6 Å². The quantitative estimate of drug-likeness (QED) is 0.769. The summed E-state index contributed by atoms with van der Waals surface area (Å²) in [7, 11) is 1.34. The Labute approximate surface area is 148 Å². The fourth-order valence-electron chi connectivity index (χ4n) is 1.95. The van der Waals surface area contributed by atoms with Crippen molar-refractivity contribution in [3.05, 3.63) is 53.1 Å². The van der Waals surface area contributed by atoms with Gasteiger partial charge in [-0.2, -0.15) is 8.78 Å². The number of benzene rings is 2. The summed E-state index contributed by atoms with van der Waals surface area (Å²) in [5.41, 5.74) is 0.665. The average Bonchev–Trinajstić information content (AvgIpc) is 2.60. The molecule has 0 spiro atoms. The van der Waals surface area contributed by atoms with Gasteiger partial charge in [0.05, 0.1) is 7.11 Å². The molecule has 0 heterocycles. The lowest BCUT2D eigenvalue weighted by Crippen LogP contribution is -2.28. The number of hydrogen-bond acceptors (Lipinski definition) is 4. The van der Waals surface area contributed by atoms with Crippen LogP contribution in [0.3, 0.4) is 0 Å². The molecule has 5 nitrogen and oxygen atoms in total. The van der Waals surface area contributed by atoms with E-state index in [-0.39, 0.29) is 30.6 Å². The summed E-state index contributed by atoms with van der Waals surface area (Å²) in [6, 6.07) is 11.0. The predicted molar refractivity (Wildman–Crippen MR) is 88.4 cm³/mol. The Morgan fingerprint density at radius 3 is 2.52 bits per heavy atom. The van der Waals surface area contributed by atoms with E-state index >= 15 is 0 Å². The molecule has 8 heteroatoms. The average molecular weight is 372 g/mol. The molecule has 0 atom stereocenters. The molecule has 0 radical (unpaired) electrons. The van der Waals surface area contributed by atoms with Crippen molar-refractivity contribution in [3.8, 4) is 17.2 Å². The van der Waals surface area contributed by atoms with E-state index in [0.29, 0.717) is 16.3 Å². The maximum Gasteiger partial charge on any atom is 0.387 e. The Balaban J connectivity index is 1.85. The predicted octanol–water partition coefficient (Wildman–Crippen LogP) is 3.65. The van der Waals surface area contributed by atoms with Crippen molar-refractivity contribution in [2.45, 2.75) is 13.2 Å². The molecule has 0 aliphatic carbocycles. The number of nitrogens with one attached hydrogen (secondary N) is 1. The Morgan fingerprint density at radius 2 is 1.88 bits per heavy atom. The van der Waals surface area contributed by atoms with E-state index in [1.807, 2.05) is 0 Å². The molecule has 2 rings (SSSR count). The van der Waals surface area contributed by atoms with E-state index in [4.69, 9.17) is 21.1 Å². The molecule has 2 aromatic carbocycles. The van der Waals surface area contributed by atoms with Crippen molar-refractivity contribution in [2.75, 3.05) is 13.7 Å². The fraction of sp³-hybridized carbons (Fsp3) is 0.235. The lowest BCUT2D eigenvalue weighted by atomic mass is 10.2. The van der Waals surface area contributed by atoms with Crippen LogP contribution >= 0.6 is 11.6 Å². The SMILES string of the molecule is COc1cc(CNC(=O)COc2ccc(Cl)cc2)ccc1OC(F)F. The first kappa shape index (κ1) is 18.8. The van der Waals surface area contributed by atoms with Crippen LogP contribution in [0.25, 0.3) is 0 Å². The number of ether oxygens (including phenoxy) is 3. The van der Waals surface area contributed by atoms with Gasteiger partial charge in [-0.25, -0.2) is 0 Å². The normalized spacial score (nSPS) is 10.4.